The summed E-state index contributed by atoms with van der Waals surface area (Å²) in [4.78, 5) is 12.6. The predicted molar refractivity (Wildman–Crippen MR) is 97.0 cm³/mol. The molecular formula is C17H13Cl3N2O2. The van der Waals surface area contributed by atoms with E-state index in [2.05, 4.69) is 0 Å². The number of benzene rings is 2. The lowest BCUT2D eigenvalue weighted by Crippen LogP contribution is -2.21. The molecule has 0 amide bonds. The predicted octanol–water partition coefficient (Wildman–Crippen LogP) is 4.43. The maximum absolute atomic E-state index is 12.6. The molecule has 0 fully saturated rings. The van der Waals surface area contributed by atoms with E-state index in [1.165, 1.54) is 16.7 Å². The van der Waals surface area contributed by atoms with Crippen LogP contribution in [0.2, 0.25) is 15.1 Å². The Morgan fingerprint density at radius 1 is 1.04 bits per heavy atom. The van der Waals surface area contributed by atoms with Crippen molar-refractivity contribution in [3.63, 3.8) is 0 Å². The van der Waals surface area contributed by atoms with Gasteiger partial charge in [-0.15, -0.1) is 0 Å². The van der Waals surface area contributed by atoms with Gasteiger partial charge in [0.15, 0.2) is 0 Å². The van der Waals surface area contributed by atoms with Crippen LogP contribution in [0.15, 0.2) is 47.3 Å². The first kappa shape index (κ1) is 17.0. The topological polar surface area (TPSA) is 47.2 Å². The summed E-state index contributed by atoms with van der Waals surface area (Å²) in [5.74, 6) is -0.152. The second-order valence-electron chi connectivity index (χ2n) is 5.33. The number of rotatable bonds is 3. The van der Waals surface area contributed by atoms with Crippen molar-refractivity contribution in [3.05, 3.63) is 79.3 Å². The molecule has 0 aliphatic carbocycles. The molecule has 0 aliphatic heterocycles. The summed E-state index contributed by atoms with van der Waals surface area (Å²) >= 11 is 18.0. The fourth-order valence-corrected chi connectivity index (χ4v) is 3.11. The van der Waals surface area contributed by atoms with E-state index in [-0.39, 0.29) is 20.9 Å². The van der Waals surface area contributed by atoms with Crippen molar-refractivity contribution in [2.75, 3.05) is 0 Å². The van der Waals surface area contributed by atoms with Crippen LogP contribution in [0.1, 0.15) is 11.3 Å². The number of nitrogens with zero attached hydrogens (tertiary/aromatic N) is 2. The van der Waals surface area contributed by atoms with Gasteiger partial charge >= 0.3 is 5.69 Å². The first-order valence-corrected chi connectivity index (χ1v) is 8.22. The molecular weight excluding hydrogens is 371 g/mol. The molecule has 3 rings (SSSR count). The molecule has 3 aromatic rings. The fraction of sp³-hybridized carbons (Fsp3) is 0.118. The van der Waals surface area contributed by atoms with Gasteiger partial charge in [-0.2, -0.15) is 0 Å². The maximum atomic E-state index is 12.6. The largest absolute Gasteiger partial charge is 0.493 e. The summed E-state index contributed by atoms with van der Waals surface area (Å²) in [5, 5.41) is 11.2. The summed E-state index contributed by atoms with van der Waals surface area (Å²) in [6.45, 7) is 0. The van der Waals surface area contributed by atoms with Gasteiger partial charge in [0, 0.05) is 13.5 Å². The highest BCUT2D eigenvalue weighted by molar-refractivity contribution is 6.48. The number of aromatic nitrogens is 2. The Morgan fingerprint density at radius 2 is 1.62 bits per heavy atom. The number of hydrogen-bond acceptors (Lipinski definition) is 2. The van der Waals surface area contributed by atoms with Crippen molar-refractivity contribution in [2.45, 2.75) is 6.42 Å². The minimum Gasteiger partial charge on any atom is -0.493 e. The molecule has 2 aromatic carbocycles. The Hall–Kier alpha value is -1.88. The molecule has 0 aliphatic rings. The van der Waals surface area contributed by atoms with Gasteiger partial charge in [0.05, 0.1) is 26.4 Å². The Balaban J connectivity index is 2.14. The number of imidazole rings is 1. The first-order chi connectivity index (χ1) is 11.4. The molecule has 0 atom stereocenters. The van der Waals surface area contributed by atoms with E-state index in [1.807, 2.05) is 30.3 Å². The smallest absolute Gasteiger partial charge is 0.335 e. The maximum Gasteiger partial charge on any atom is 0.335 e. The number of halogens is 3. The molecule has 0 saturated heterocycles. The van der Waals surface area contributed by atoms with E-state index < -0.39 is 5.69 Å². The normalized spacial score (nSPS) is 11.0. The monoisotopic (exact) mass is 382 g/mol. The number of aromatic hydroxyl groups is 1. The third kappa shape index (κ3) is 2.93. The van der Waals surface area contributed by atoms with E-state index >= 15 is 0 Å². The van der Waals surface area contributed by atoms with E-state index in [4.69, 9.17) is 34.8 Å². The van der Waals surface area contributed by atoms with Crippen LogP contribution in [0.25, 0.3) is 5.69 Å². The lowest BCUT2D eigenvalue weighted by atomic mass is 10.1. The molecule has 0 bridgehead atoms. The summed E-state index contributed by atoms with van der Waals surface area (Å²) in [5.41, 5.74) is 1.43. The SMILES string of the molecule is Cn1c(Cc2ccccc2)c(O)n(-c2cc(Cl)c(Cl)c(Cl)c2)c1=O. The van der Waals surface area contributed by atoms with Crippen molar-refractivity contribution in [3.8, 4) is 11.6 Å². The third-order valence-corrected chi connectivity index (χ3v) is 4.99. The van der Waals surface area contributed by atoms with E-state index in [0.717, 1.165) is 10.1 Å². The van der Waals surface area contributed by atoms with Crippen molar-refractivity contribution >= 4 is 34.8 Å². The van der Waals surface area contributed by atoms with Gasteiger partial charge in [0.25, 0.3) is 0 Å². The standard InChI is InChI=1S/C17H13Cl3N2O2/c1-21-14(7-10-5-3-2-4-6-10)16(23)22(17(21)24)11-8-12(18)15(20)13(19)9-11/h2-6,8-9,23H,7H2,1H3. The second kappa shape index (κ2) is 6.55. The average molecular weight is 384 g/mol. The molecule has 0 unspecified atom stereocenters. The molecule has 0 saturated carbocycles. The summed E-state index contributed by atoms with van der Waals surface area (Å²) < 4.78 is 2.56. The molecule has 124 valence electrons. The van der Waals surface area contributed by atoms with Crippen LogP contribution >= 0.6 is 34.8 Å². The van der Waals surface area contributed by atoms with E-state index in [0.29, 0.717) is 17.8 Å². The zero-order valence-corrected chi connectivity index (χ0v) is 14.9. The van der Waals surface area contributed by atoms with Crippen LogP contribution in [0, 0.1) is 0 Å². The Bertz CT molecular complexity index is 939. The summed E-state index contributed by atoms with van der Waals surface area (Å²) in [6, 6.07) is 12.5. The van der Waals surface area contributed by atoms with Crippen LogP contribution in [0.5, 0.6) is 5.88 Å². The second-order valence-corrected chi connectivity index (χ2v) is 6.53. The molecule has 1 heterocycles. The zero-order valence-electron chi connectivity index (χ0n) is 12.6. The number of hydrogen-bond donors (Lipinski definition) is 1. The quantitative estimate of drug-likeness (QED) is 0.680. The average Bonchev–Trinajstić information content (AvgIpc) is 2.77. The summed E-state index contributed by atoms with van der Waals surface area (Å²) in [6.07, 6.45) is 0.417. The molecule has 4 nitrogen and oxygen atoms in total. The molecule has 7 heteroatoms. The highest BCUT2D eigenvalue weighted by Gasteiger charge is 2.20. The molecule has 1 N–H and O–H groups in total. The van der Waals surface area contributed by atoms with Gasteiger partial charge < -0.3 is 5.11 Å². The van der Waals surface area contributed by atoms with Crippen LogP contribution in [0.4, 0.5) is 0 Å². The van der Waals surface area contributed by atoms with E-state index in [1.54, 1.807) is 7.05 Å². The highest BCUT2D eigenvalue weighted by atomic mass is 35.5. The van der Waals surface area contributed by atoms with Crippen molar-refractivity contribution < 1.29 is 5.11 Å². The van der Waals surface area contributed by atoms with Crippen LogP contribution in [0.3, 0.4) is 0 Å². The molecule has 0 spiro atoms. The van der Waals surface area contributed by atoms with Gasteiger partial charge in [-0.3, -0.25) is 4.57 Å². The molecule has 0 radical (unpaired) electrons. The van der Waals surface area contributed by atoms with Gasteiger partial charge in [-0.05, 0) is 17.7 Å². The van der Waals surface area contributed by atoms with Gasteiger partial charge in [-0.1, -0.05) is 65.1 Å². The summed E-state index contributed by atoms with van der Waals surface area (Å²) in [7, 11) is 1.61. The molecule has 1 aromatic heterocycles. The van der Waals surface area contributed by atoms with Crippen LogP contribution in [-0.4, -0.2) is 14.2 Å². The Morgan fingerprint density at radius 3 is 2.21 bits per heavy atom. The van der Waals surface area contributed by atoms with Crippen molar-refractivity contribution in [2.24, 2.45) is 7.05 Å². The van der Waals surface area contributed by atoms with Crippen LogP contribution in [-0.2, 0) is 13.5 Å². The van der Waals surface area contributed by atoms with Crippen molar-refractivity contribution in [1.29, 1.82) is 0 Å². The molecule has 24 heavy (non-hydrogen) atoms. The Labute approximate surface area is 153 Å². The zero-order chi connectivity index (χ0) is 17.4. The minimum atomic E-state index is -0.395. The lowest BCUT2D eigenvalue weighted by molar-refractivity contribution is 0.435. The highest BCUT2D eigenvalue weighted by Crippen LogP contribution is 2.33. The fourth-order valence-electron chi connectivity index (χ4n) is 2.53. The van der Waals surface area contributed by atoms with Gasteiger partial charge in [-0.25, -0.2) is 9.36 Å². The van der Waals surface area contributed by atoms with Gasteiger partial charge in [0.2, 0.25) is 5.88 Å². The third-order valence-electron chi connectivity index (χ3n) is 3.79. The van der Waals surface area contributed by atoms with Gasteiger partial charge in [0.1, 0.15) is 0 Å². The Kier molecular flexibility index (Phi) is 4.63. The minimum absolute atomic E-state index is 0.152. The first-order valence-electron chi connectivity index (χ1n) is 7.08. The van der Waals surface area contributed by atoms with E-state index in [9.17, 15) is 9.90 Å². The van der Waals surface area contributed by atoms with Crippen molar-refractivity contribution in [1.82, 2.24) is 9.13 Å². The lowest BCUT2D eigenvalue weighted by Gasteiger charge is -2.07. The van der Waals surface area contributed by atoms with Crippen LogP contribution < -0.4 is 5.69 Å².